The highest BCUT2D eigenvalue weighted by molar-refractivity contribution is 7.92. The molecule has 8 heteroatoms. The van der Waals surface area contributed by atoms with Crippen molar-refractivity contribution in [3.05, 3.63) is 29.7 Å². The van der Waals surface area contributed by atoms with Gasteiger partial charge in [0.1, 0.15) is 11.4 Å². The summed E-state index contributed by atoms with van der Waals surface area (Å²) in [5.41, 5.74) is 1.71. The zero-order valence-corrected chi connectivity index (χ0v) is 14.8. The minimum absolute atomic E-state index is 0.0659. The maximum atomic E-state index is 12.7. The normalized spacial score (nSPS) is 14.9. The molecule has 0 atom stereocenters. The molecule has 7 nitrogen and oxygen atoms in total. The zero-order valence-electron chi connectivity index (χ0n) is 14.0. The first-order valence-corrected chi connectivity index (χ1v) is 9.29. The number of methoxy groups -OCH3 is 1. The Morgan fingerprint density at radius 2 is 1.96 bits per heavy atom. The van der Waals surface area contributed by atoms with E-state index in [1.807, 2.05) is 6.07 Å². The van der Waals surface area contributed by atoms with E-state index in [-0.39, 0.29) is 10.7 Å². The van der Waals surface area contributed by atoms with Crippen LogP contribution in [0.5, 0.6) is 5.75 Å². The molecule has 1 N–H and O–H groups in total. The Balaban J connectivity index is 1.97. The van der Waals surface area contributed by atoms with Crippen LogP contribution in [0.25, 0.3) is 0 Å². The van der Waals surface area contributed by atoms with Crippen molar-refractivity contribution < 1.29 is 17.7 Å². The summed E-state index contributed by atoms with van der Waals surface area (Å²) >= 11 is 0. The zero-order chi connectivity index (χ0) is 17.3. The van der Waals surface area contributed by atoms with E-state index in [0.717, 1.165) is 31.6 Å². The van der Waals surface area contributed by atoms with E-state index in [4.69, 9.17) is 9.26 Å². The van der Waals surface area contributed by atoms with Gasteiger partial charge in [-0.1, -0.05) is 5.16 Å². The Morgan fingerprint density at radius 1 is 1.25 bits per heavy atom. The Labute approximate surface area is 141 Å². The molecule has 0 spiro atoms. The number of ether oxygens (including phenoxy) is 1. The van der Waals surface area contributed by atoms with Crippen LogP contribution in [0.2, 0.25) is 0 Å². The number of nitrogens with zero attached hydrogens (tertiary/aromatic N) is 2. The standard InChI is InChI=1S/C16H21N3O4S/c1-11-16(12(2)23-17-11)24(20,21)18-14-10-13(6-7-15(14)22-3)19-8-4-5-9-19/h6-7,10,18H,4-5,8-9H2,1-3H3. The highest BCUT2D eigenvalue weighted by Gasteiger charge is 2.26. The van der Waals surface area contributed by atoms with Gasteiger partial charge in [0.05, 0.1) is 12.8 Å². The average Bonchev–Trinajstić information content (AvgIpc) is 3.17. The summed E-state index contributed by atoms with van der Waals surface area (Å²) in [5, 5.41) is 3.71. The molecular formula is C16H21N3O4S. The van der Waals surface area contributed by atoms with E-state index in [2.05, 4.69) is 14.8 Å². The van der Waals surface area contributed by atoms with Gasteiger partial charge < -0.3 is 14.2 Å². The predicted octanol–water partition coefficient (Wildman–Crippen LogP) is 2.70. The maximum absolute atomic E-state index is 12.7. The summed E-state index contributed by atoms with van der Waals surface area (Å²) in [6.45, 7) is 5.13. The molecule has 0 aliphatic carbocycles. The lowest BCUT2D eigenvalue weighted by Gasteiger charge is -2.20. The summed E-state index contributed by atoms with van der Waals surface area (Å²) in [7, 11) is -2.30. The predicted molar refractivity (Wildman–Crippen MR) is 91.2 cm³/mol. The van der Waals surface area contributed by atoms with Crippen molar-refractivity contribution in [2.45, 2.75) is 31.6 Å². The van der Waals surface area contributed by atoms with Gasteiger partial charge in [-0.3, -0.25) is 4.72 Å². The number of rotatable bonds is 5. The third kappa shape index (κ3) is 3.06. The van der Waals surface area contributed by atoms with Gasteiger partial charge in [0.2, 0.25) is 0 Å². The van der Waals surface area contributed by atoms with Crippen molar-refractivity contribution in [1.29, 1.82) is 0 Å². The van der Waals surface area contributed by atoms with Crippen LogP contribution in [0.15, 0.2) is 27.6 Å². The second-order valence-electron chi connectivity index (χ2n) is 5.84. The molecule has 0 bridgehead atoms. The molecule has 3 rings (SSSR count). The van der Waals surface area contributed by atoms with E-state index < -0.39 is 10.0 Å². The van der Waals surface area contributed by atoms with Crippen molar-refractivity contribution in [1.82, 2.24) is 5.16 Å². The van der Waals surface area contributed by atoms with E-state index in [9.17, 15) is 8.42 Å². The van der Waals surface area contributed by atoms with E-state index in [1.165, 1.54) is 7.11 Å². The smallest absolute Gasteiger partial charge is 0.267 e. The number of anilines is 2. The lowest BCUT2D eigenvalue weighted by atomic mass is 10.2. The molecular weight excluding hydrogens is 330 g/mol. The molecule has 2 aromatic rings. The first-order chi connectivity index (χ1) is 11.4. The summed E-state index contributed by atoms with van der Waals surface area (Å²) in [4.78, 5) is 2.30. The molecule has 0 unspecified atom stereocenters. The molecule has 1 saturated heterocycles. The number of hydrogen-bond donors (Lipinski definition) is 1. The van der Waals surface area contributed by atoms with E-state index in [0.29, 0.717) is 17.1 Å². The van der Waals surface area contributed by atoms with Crippen LogP contribution in [0.1, 0.15) is 24.3 Å². The van der Waals surface area contributed by atoms with Gasteiger partial charge >= 0.3 is 0 Å². The molecule has 1 aliphatic rings. The van der Waals surface area contributed by atoms with Crippen molar-refractivity contribution in [2.24, 2.45) is 0 Å². The molecule has 24 heavy (non-hydrogen) atoms. The summed E-state index contributed by atoms with van der Waals surface area (Å²) in [6, 6.07) is 5.52. The minimum atomic E-state index is -3.81. The number of sulfonamides is 1. The number of aromatic nitrogens is 1. The number of nitrogens with one attached hydrogen (secondary N) is 1. The second-order valence-corrected chi connectivity index (χ2v) is 7.46. The van der Waals surface area contributed by atoms with Gasteiger partial charge in [0.15, 0.2) is 10.7 Å². The highest BCUT2D eigenvalue weighted by Crippen LogP contribution is 2.33. The van der Waals surface area contributed by atoms with E-state index >= 15 is 0 Å². The monoisotopic (exact) mass is 351 g/mol. The van der Waals surface area contributed by atoms with Gasteiger partial charge in [-0.2, -0.15) is 0 Å². The fraction of sp³-hybridized carbons (Fsp3) is 0.438. The van der Waals surface area contributed by atoms with Crippen LogP contribution in [-0.4, -0.2) is 33.8 Å². The van der Waals surface area contributed by atoms with Crippen LogP contribution in [0, 0.1) is 13.8 Å². The van der Waals surface area contributed by atoms with Gasteiger partial charge in [-0.05, 0) is 44.9 Å². The largest absolute Gasteiger partial charge is 0.495 e. The fourth-order valence-corrected chi connectivity index (χ4v) is 4.39. The first kappa shape index (κ1) is 16.6. The van der Waals surface area contributed by atoms with Crippen LogP contribution in [0.3, 0.4) is 0 Å². The SMILES string of the molecule is COc1ccc(N2CCCC2)cc1NS(=O)(=O)c1c(C)noc1C. The number of aryl methyl sites for hydroxylation is 2. The number of benzene rings is 1. The molecule has 130 valence electrons. The van der Waals surface area contributed by atoms with Crippen molar-refractivity contribution >= 4 is 21.4 Å². The Hall–Kier alpha value is -2.22. The Morgan fingerprint density at radius 3 is 2.54 bits per heavy atom. The summed E-state index contributed by atoms with van der Waals surface area (Å²) < 4.78 is 38.3. The van der Waals surface area contributed by atoms with Gasteiger partial charge in [-0.25, -0.2) is 8.42 Å². The lowest BCUT2D eigenvalue weighted by molar-refractivity contribution is 0.390. The third-order valence-corrected chi connectivity index (χ3v) is 5.74. The third-order valence-electron chi connectivity index (χ3n) is 4.14. The molecule has 0 amide bonds. The van der Waals surface area contributed by atoms with Crippen molar-refractivity contribution in [3.8, 4) is 5.75 Å². The van der Waals surface area contributed by atoms with Crippen LogP contribution in [-0.2, 0) is 10.0 Å². The van der Waals surface area contributed by atoms with Crippen molar-refractivity contribution in [3.63, 3.8) is 0 Å². The highest BCUT2D eigenvalue weighted by atomic mass is 32.2. The Kier molecular flexibility index (Phi) is 4.40. The second kappa shape index (κ2) is 6.35. The van der Waals surface area contributed by atoms with Gasteiger partial charge in [0, 0.05) is 18.8 Å². The van der Waals surface area contributed by atoms with Crippen LogP contribution in [0.4, 0.5) is 11.4 Å². The van der Waals surface area contributed by atoms with E-state index in [1.54, 1.807) is 26.0 Å². The van der Waals surface area contributed by atoms with Gasteiger partial charge in [0.25, 0.3) is 10.0 Å². The maximum Gasteiger partial charge on any atom is 0.267 e. The van der Waals surface area contributed by atoms with Crippen LogP contribution < -0.4 is 14.4 Å². The van der Waals surface area contributed by atoms with Gasteiger partial charge in [-0.15, -0.1) is 0 Å². The average molecular weight is 351 g/mol. The molecule has 1 fully saturated rings. The molecule has 1 aromatic heterocycles. The fourth-order valence-electron chi connectivity index (χ4n) is 3.00. The summed E-state index contributed by atoms with van der Waals surface area (Å²) in [6.07, 6.45) is 2.29. The molecule has 1 aromatic carbocycles. The lowest BCUT2D eigenvalue weighted by Crippen LogP contribution is -2.19. The molecule has 1 aliphatic heterocycles. The summed E-state index contributed by atoms with van der Waals surface area (Å²) in [5.74, 6) is 0.725. The topological polar surface area (TPSA) is 84.7 Å². The Bertz CT molecular complexity index is 820. The van der Waals surface area contributed by atoms with Crippen LogP contribution >= 0.6 is 0 Å². The first-order valence-electron chi connectivity index (χ1n) is 7.81. The quantitative estimate of drug-likeness (QED) is 0.891. The molecule has 0 saturated carbocycles. The van der Waals surface area contributed by atoms with Crippen molar-refractivity contribution in [2.75, 3.05) is 29.8 Å². The number of hydrogen-bond acceptors (Lipinski definition) is 6. The molecule has 0 radical (unpaired) electrons. The molecule has 2 heterocycles. The minimum Gasteiger partial charge on any atom is -0.495 e.